The molecule has 0 radical (unpaired) electrons. The molecule has 0 fully saturated rings. The molecule has 0 saturated carbocycles. The van der Waals surface area contributed by atoms with Gasteiger partial charge in [-0.2, -0.15) is 0 Å². The Balaban J connectivity index is 2.41. The Bertz CT molecular complexity index is 405. The van der Waals surface area contributed by atoms with Crippen LogP contribution in [0.1, 0.15) is 16.1 Å². The summed E-state index contributed by atoms with van der Waals surface area (Å²) >= 11 is 0. The van der Waals surface area contributed by atoms with E-state index >= 15 is 0 Å². The summed E-state index contributed by atoms with van der Waals surface area (Å²) < 4.78 is 0. The molecule has 0 saturated heterocycles. The van der Waals surface area contributed by atoms with E-state index in [9.17, 15) is 9.59 Å². The van der Waals surface area contributed by atoms with Gasteiger partial charge in [0.2, 0.25) is 0 Å². The van der Waals surface area contributed by atoms with E-state index in [1.165, 1.54) is 6.33 Å². The van der Waals surface area contributed by atoms with Crippen molar-refractivity contribution in [1.82, 2.24) is 14.9 Å². The molecule has 0 atom stereocenters. The fraction of sp³-hybridized carbons (Fsp3) is 0.250. The first-order valence-electron chi connectivity index (χ1n) is 4.04. The largest absolute Gasteiger partial charge is 0.465 e. The SMILES string of the molecule is O=C(O)N1CCc2cncnc2C1=O. The summed E-state index contributed by atoms with van der Waals surface area (Å²) in [5, 5.41) is 8.70. The summed E-state index contributed by atoms with van der Waals surface area (Å²) in [6.07, 6.45) is 2.02. The van der Waals surface area contributed by atoms with Crippen LogP contribution < -0.4 is 0 Å². The van der Waals surface area contributed by atoms with Crippen LogP contribution in [0.25, 0.3) is 0 Å². The molecule has 1 N–H and O–H groups in total. The molecule has 0 aliphatic carbocycles. The lowest BCUT2D eigenvalue weighted by molar-refractivity contribution is 0.0720. The van der Waals surface area contributed by atoms with Crippen molar-refractivity contribution < 1.29 is 14.7 Å². The van der Waals surface area contributed by atoms with Gasteiger partial charge in [-0.05, 0) is 6.42 Å². The van der Waals surface area contributed by atoms with E-state index in [4.69, 9.17) is 5.11 Å². The summed E-state index contributed by atoms with van der Waals surface area (Å²) in [6.45, 7) is 0.175. The zero-order chi connectivity index (χ0) is 10.1. The predicted molar refractivity (Wildman–Crippen MR) is 44.8 cm³/mol. The number of imide groups is 1. The van der Waals surface area contributed by atoms with Crippen LogP contribution in [0.5, 0.6) is 0 Å². The maximum absolute atomic E-state index is 11.5. The Morgan fingerprint density at radius 2 is 2.36 bits per heavy atom. The number of amides is 2. The topological polar surface area (TPSA) is 83.4 Å². The Hall–Kier alpha value is -1.98. The molecule has 14 heavy (non-hydrogen) atoms. The minimum atomic E-state index is -1.24. The van der Waals surface area contributed by atoms with Crippen molar-refractivity contribution in [1.29, 1.82) is 0 Å². The average molecular weight is 193 g/mol. The number of hydrogen-bond donors (Lipinski definition) is 1. The fourth-order valence-electron chi connectivity index (χ4n) is 1.38. The van der Waals surface area contributed by atoms with E-state index in [-0.39, 0.29) is 12.2 Å². The first-order valence-corrected chi connectivity index (χ1v) is 4.04. The average Bonchev–Trinajstić information content (AvgIpc) is 2.18. The van der Waals surface area contributed by atoms with Gasteiger partial charge in [0.05, 0.1) is 0 Å². The number of carboxylic acid groups (broad SMARTS) is 1. The number of rotatable bonds is 0. The minimum absolute atomic E-state index is 0.175. The molecule has 1 aliphatic rings. The number of aromatic nitrogens is 2. The highest BCUT2D eigenvalue weighted by Crippen LogP contribution is 2.15. The minimum Gasteiger partial charge on any atom is -0.465 e. The van der Waals surface area contributed by atoms with Crippen LogP contribution in [0.4, 0.5) is 4.79 Å². The third-order valence-corrected chi connectivity index (χ3v) is 2.07. The lowest BCUT2D eigenvalue weighted by Gasteiger charge is -2.22. The summed E-state index contributed by atoms with van der Waals surface area (Å²) in [4.78, 5) is 30.4. The molecular weight excluding hydrogens is 186 g/mol. The summed E-state index contributed by atoms with van der Waals surface area (Å²) in [5.41, 5.74) is 0.892. The van der Waals surface area contributed by atoms with E-state index in [1.807, 2.05) is 0 Å². The second-order valence-corrected chi connectivity index (χ2v) is 2.89. The van der Waals surface area contributed by atoms with Gasteiger partial charge in [-0.3, -0.25) is 4.79 Å². The molecule has 1 aromatic rings. The smallest absolute Gasteiger partial charge is 0.414 e. The molecule has 2 rings (SSSR count). The molecule has 0 spiro atoms. The molecule has 72 valence electrons. The van der Waals surface area contributed by atoms with Crippen molar-refractivity contribution in [2.45, 2.75) is 6.42 Å². The highest BCUT2D eigenvalue weighted by atomic mass is 16.4. The summed E-state index contributed by atoms with van der Waals surface area (Å²) in [7, 11) is 0. The molecule has 2 amide bonds. The predicted octanol–water partition coefficient (Wildman–Crippen LogP) is 0.153. The van der Waals surface area contributed by atoms with Gasteiger partial charge in [0.15, 0.2) is 0 Å². The van der Waals surface area contributed by atoms with Crippen molar-refractivity contribution in [2.75, 3.05) is 6.54 Å². The van der Waals surface area contributed by atoms with Crippen LogP contribution in [0.2, 0.25) is 0 Å². The first kappa shape index (κ1) is 8.61. The number of fused-ring (bicyclic) bond motifs is 1. The standard InChI is InChI=1S/C8H7N3O3/c12-7-6-5(3-9-4-10-6)1-2-11(7)8(13)14/h3-4H,1-2H2,(H,13,14). The van der Waals surface area contributed by atoms with Gasteiger partial charge >= 0.3 is 6.09 Å². The van der Waals surface area contributed by atoms with Gasteiger partial charge in [0, 0.05) is 18.3 Å². The van der Waals surface area contributed by atoms with Crippen molar-refractivity contribution in [2.24, 2.45) is 0 Å². The molecule has 0 bridgehead atoms. The van der Waals surface area contributed by atoms with Gasteiger partial charge in [-0.25, -0.2) is 19.7 Å². The maximum Gasteiger partial charge on any atom is 0.414 e. The Morgan fingerprint density at radius 1 is 1.57 bits per heavy atom. The number of hydrogen-bond acceptors (Lipinski definition) is 4. The molecule has 0 unspecified atom stereocenters. The van der Waals surface area contributed by atoms with Gasteiger partial charge in [-0.15, -0.1) is 0 Å². The van der Waals surface area contributed by atoms with Gasteiger partial charge in [0.25, 0.3) is 5.91 Å². The van der Waals surface area contributed by atoms with Crippen LogP contribution in [0.3, 0.4) is 0 Å². The Morgan fingerprint density at radius 3 is 3.07 bits per heavy atom. The lowest BCUT2D eigenvalue weighted by atomic mass is 10.1. The van der Waals surface area contributed by atoms with Crippen LogP contribution in [-0.4, -0.2) is 38.5 Å². The summed E-state index contributed by atoms with van der Waals surface area (Å²) in [5.74, 6) is -0.568. The van der Waals surface area contributed by atoms with Crippen LogP contribution in [0, 0.1) is 0 Å². The van der Waals surface area contributed by atoms with E-state index in [0.29, 0.717) is 12.0 Å². The monoisotopic (exact) mass is 193 g/mol. The third-order valence-electron chi connectivity index (χ3n) is 2.07. The molecule has 1 aliphatic heterocycles. The van der Waals surface area contributed by atoms with Gasteiger partial charge in [-0.1, -0.05) is 0 Å². The van der Waals surface area contributed by atoms with Crippen LogP contribution >= 0.6 is 0 Å². The first-order chi connectivity index (χ1) is 6.70. The quantitative estimate of drug-likeness (QED) is 0.634. The zero-order valence-electron chi connectivity index (χ0n) is 7.17. The lowest BCUT2D eigenvalue weighted by Crippen LogP contribution is -2.41. The number of nitrogens with zero attached hydrogens (tertiary/aromatic N) is 3. The maximum atomic E-state index is 11.5. The van der Waals surface area contributed by atoms with Gasteiger partial charge in [0.1, 0.15) is 12.0 Å². The number of carbonyl (C=O) groups is 2. The zero-order valence-corrected chi connectivity index (χ0v) is 7.17. The fourth-order valence-corrected chi connectivity index (χ4v) is 1.38. The van der Waals surface area contributed by atoms with Crippen molar-refractivity contribution in [3.63, 3.8) is 0 Å². The van der Waals surface area contributed by atoms with Crippen molar-refractivity contribution in [3.8, 4) is 0 Å². The van der Waals surface area contributed by atoms with E-state index in [2.05, 4.69) is 9.97 Å². The second-order valence-electron chi connectivity index (χ2n) is 2.89. The number of carbonyl (C=O) groups excluding carboxylic acids is 1. The molecule has 1 aromatic heterocycles. The van der Waals surface area contributed by atoms with E-state index < -0.39 is 12.0 Å². The molecular formula is C8H7N3O3. The summed E-state index contributed by atoms with van der Waals surface area (Å²) in [6, 6.07) is 0. The van der Waals surface area contributed by atoms with E-state index in [1.54, 1.807) is 6.20 Å². The highest BCUT2D eigenvalue weighted by Gasteiger charge is 2.29. The highest BCUT2D eigenvalue weighted by molar-refractivity contribution is 6.02. The molecule has 2 heterocycles. The van der Waals surface area contributed by atoms with Crippen molar-refractivity contribution >= 4 is 12.0 Å². The Labute approximate surface area is 79.2 Å². The molecule has 0 aromatic carbocycles. The third kappa shape index (κ3) is 1.20. The normalized spacial score (nSPS) is 15.1. The van der Waals surface area contributed by atoms with Crippen molar-refractivity contribution in [3.05, 3.63) is 23.8 Å². The molecule has 6 heteroatoms. The molecule has 6 nitrogen and oxygen atoms in total. The van der Waals surface area contributed by atoms with Crippen LogP contribution in [0.15, 0.2) is 12.5 Å². The Kier molecular flexibility index (Phi) is 1.88. The van der Waals surface area contributed by atoms with Crippen LogP contribution in [-0.2, 0) is 6.42 Å². The van der Waals surface area contributed by atoms with Gasteiger partial charge < -0.3 is 5.11 Å². The van der Waals surface area contributed by atoms with E-state index in [0.717, 1.165) is 4.90 Å². The second kappa shape index (κ2) is 3.06.